The van der Waals surface area contributed by atoms with Crippen molar-refractivity contribution in [2.45, 2.75) is 39.2 Å². The molecule has 0 aliphatic carbocycles. The van der Waals surface area contributed by atoms with Crippen molar-refractivity contribution in [3.05, 3.63) is 11.6 Å². The fourth-order valence-electron chi connectivity index (χ4n) is 1.56. The van der Waals surface area contributed by atoms with E-state index in [1.807, 2.05) is 13.0 Å². The van der Waals surface area contributed by atoms with Gasteiger partial charge in [0.2, 0.25) is 0 Å². The highest BCUT2D eigenvalue weighted by molar-refractivity contribution is 5.86. The second-order valence-electron chi connectivity index (χ2n) is 4.67. The molecule has 0 aromatic carbocycles. The molecule has 0 aromatic rings. The molecule has 0 bridgehead atoms. The van der Waals surface area contributed by atoms with Gasteiger partial charge in [0, 0.05) is 13.1 Å². The van der Waals surface area contributed by atoms with Crippen LogP contribution in [0.2, 0.25) is 0 Å². The second kappa shape index (κ2) is 5.21. The Labute approximate surface area is 101 Å². The second-order valence-corrected chi connectivity index (χ2v) is 4.67. The summed E-state index contributed by atoms with van der Waals surface area (Å²) >= 11 is 0. The van der Waals surface area contributed by atoms with Gasteiger partial charge in [0.1, 0.15) is 5.54 Å². The fourth-order valence-corrected chi connectivity index (χ4v) is 1.56. The average Bonchev–Trinajstić information content (AvgIpc) is 2.29. The lowest BCUT2D eigenvalue weighted by atomic mass is 9.99. The maximum Gasteiger partial charge on any atom is 0.329 e. The predicted molar refractivity (Wildman–Crippen MR) is 64.8 cm³/mol. The molecule has 0 aromatic heterocycles. The van der Waals surface area contributed by atoms with E-state index < -0.39 is 11.5 Å². The van der Waals surface area contributed by atoms with E-state index in [2.05, 4.69) is 5.32 Å². The molecule has 1 aliphatic rings. The van der Waals surface area contributed by atoms with Gasteiger partial charge in [-0.15, -0.1) is 0 Å². The van der Waals surface area contributed by atoms with Gasteiger partial charge in [0.05, 0.1) is 0 Å². The van der Waals surface area contributed by atoms with Crippen LogP contribution in [0, 0.1) is 0 Å². The van der Waals surface area contributed by atoms with E-state index in [0.29, 0.717) is 19.5 Å². The van der Waals surface area contributed by atoms with E-state index >= 15 is 0 Å². The zero-order valence-corrected chi connectivity index (χ0v) is 10.6. The number of carboxylic acids is 1. The molecule has 0 saturated carbocycles. The number of carboxylic acid groups (broad SMARTS) is 1. The van der Waals surface area contributed by atoms with Crippen LogP contribution >= 0.6 is 0 Å². The summed E-state index contributed by atoms with van der Waals surface area (Å²) in [5.41, 5.74) is 0.0818. The average molecular weight is 240 g/mol. The van der Waals surface area contributed by atoms with Crippen LogP contribution < -0.4 is 5.32 Å². The van der Waals surface area contributed by atoms with Gasteiger partial charge < -0.3 is 15.3 Å². The third kappa shape index (κ3) is 3.22. The molecule has 0 fully saturated rings. The minimum Gasteiger partial charge on any atom is -0.480 e. The van der Waals surface area contributed by atoms with E-state index in [1.165, 1.54) is 12.5 Å². The highest BCUT2D eigenvalue weighted by Crippen LogP contribution is 2.13. The Morgan fingerprint density at radius 2 is 2.24 bits per heavy atom. The van der Waals surface area contributed by atoms with E-state index in [0.717, 1.165) is 6.42 Å². The van der Waals surface area contributed by atoms with Crippen LogP contribution in [0.3, 0.4) is 0 Å². The zero-order chi connectivity index (χ0) is 13.1. The maximum absolute atomic E-state index is 11.9. The molecular formula is C12H20N2O3. The van der Waals surface area contributed by atoms with Gasteiger partial charge in [-0.2, -0.15) is 0 Å². The van der Waals surface area contributed by atoms with Gasteiger partial charge in [0.15, 0.2) is 0 Å². The maximum atomic E-state index is 11.9. The molecule has 5 nitrogen and oxygen atoms in total. The van der Waals surface area contributed by atoms with Crippen molar-refractivity contribution < 1.29 is 14.7 Å². The van der Waals surface area contributed by atoms with Gasteiger partial charge in [-0.3, -0.25) is 0 Å². The number of aliphatic carboxylic acids is 1. The van der Waals surface area contributed by atoms with E-state index in [-0.39, 0.29) is 6.03 Å². The number of urea groups is 1. The molecule has 1 aliphatic heterocycles. The normalized spacial score (nSPS) is 19.2. The van der Waals surface area contributed by atoms with E-state index in [4.69, 9.17) is 5.11 Å². The van der Waals surface area contributed by atoms with Gasteiger partial charge in [-0.25, -0.2) is 9.59 Å². The molecule has 2 amide bonds. The number of hydrogen-bond acceptors (Lipinski definition) is 2. The summed E-state index contributed by atoms with van der Waals surface area (Å²) in [4.78, 5) is 24.6. The molecule has 1 rings (SSSR count). The lowest BCUT2D eigenvalue weighted by Gasteiger charge is -2.31. The molecule has 96 valence electrons. The first-order chi connectivity index (χ1) is 7.89. The van der Waals surface area contributed by atoms with Crippen LogP contribution in [0.1, 0.15) is 33.6 Å². The van der Waals surface area contributed by atoms with Crippen molar-refractivity contribution in [2.24, 2.45) is 0 Å². The molecule has 2 N–H and O–H groups in total. The minimum absolute atomic E-state index is 0.305. The predicted octanol–water partition coefficient (Wildman–Crippen LogP) is 1.60. The van der Waals surface area contributed by atoms with Crippen LogP contribution in [0.15, 0.2) is 11.6 Å². The van der Waals surface area contributed by atoms with Crippen LogP contribution in [0.5, 0.6) is 0 Å². The van der Waals surface area contributed by atoms with Crippen molar-refractivity contribution in [1.29, 1.82) is 0 Å². The van der Waals surface area contributed by atoms with Crippen LogP contribution in [-0.4, -0.2) is 40.6 Å². The minimum atomic E-state index is -1.19. The standard InChI is InChI=1S/C12H20N2O3/c1-4-12(3,10(15)16)13-11(17)14-7-5-9(2)6-8-14/h5H,4,6-8H2,1-3H3,(H,13,17)(H,15,16). The highest BCUT2D eigenvalue weighted by atomic mass is 16.4. The lowest BCUT2D eigenvalue weighted by molar-refractivity contribution is -0.143. The monoisotopic (exact) mass is 240 g/mol. The number of carbonyl (C=O) groups excluding carboxylic acids is 1. The summed E-state index contributed by atoms with van der Waals surface area (Å²) in [6.45, 7) is 6.50. The fraction of sp³-hybridized carbons (Fsp3) is 0.667. The molecule has 1 unspecified atom stereocenters. The number of carbonyl (C=O) groups is 2. The Kier molecular flexibility index (Phi) is 4.15. The first-order valence-electron chi connectivity index (χ1n) is 5.85. The summed E-state index contributed by atoms with van der Waals surface area (Å²) in [5.74, 6) is -1.00. The number of nitrogens with zero attached hydrogens (tertiary/aromatic N) is 1. The summed E-state index contributed by atoms with van der Waals surface area (Å²) in [6.07, 6.45) is 3.20. The molecule has 1 heterocycles. The van der Waals surface area contributed by atoms with Crippen molar-refractivity contribution in [1.82, 2.24) is 10.2 Å². The summed E-state index contributed by atoms with van der Waals surface area (Å²) in [7, 11) is 0. The Hall–Kier alpha value is -1.52. The van der Waals surface area contributed by atoms with Crippen molar-refractivity contribution in [3.8, 4) is 0 Å². The number of nitrogens with one attached hydrogen (secondary N) is 1. The quantitative estimate of drug-likeness (QED) is 0.736. The van der Waals surface area contributed by atoms with Crippen molar-refractivity contribution >= 4 is 12.0 Å². The summed E-state index contributed by atoms with van der Waals surface area (Å²) < 4.78 is 0. The van der Waals surface area contributed by atoms with E-state index in [9.17, 15) is 9.59 Å². The zero-order valence-electron chi connectivity index (χ0n) is 10.6. The van der Waals surface area contributed by atoms with Crippen LogP contribution in [0.25, 0.3) is 0 Å². The molecule has 17 heavy (non-hydrogen) atoms. The van der Waals surface area contributed by atoms with Gasteiger partial charge >= 0.3 is 12.0 Å². The van der Waals surface area contributed by atoms with Crippen LogP contribution in [-0.2, 0) is 4.79 Å². The number of hydrogen-bond donors (Lipinski definition) is 2. The highest BCUT2D eigenvalue weighted by Gasteiger charge is 2.34. The molecule has 0 spiro atoms. The Bertz CT molecular complexity index is 352. The summed E-state index contributed by atoms with van der Waals surface area (Å²) in [5, 5.41) is 11.7. The number of rotatable bonds is 3. The first-order valence-corrected chi connectivity index (χ1v) is 5.85. The van der Waals surface area contributed by atoms with Gasteiger partial charge in [-0.05, 0) is 26.7 Å². The smallest absolute Gasteiger partial charge is 0.329 e. The Morgan fingerprint density at radius 1 is 1.59 bits per heavy atom. The van der Waals surface area contributed by atoms with E-state index in [1.54, 1.807) is 11.8 Å². The van der Waals surface area contributed by atoms with Gasteiger partial charge in [-0.1, -0.05) is 18.6 Å². The Morgan fingerprint density at radius 3 is 2.65 bits per heavy atom. The molecule has 1 atom stereocenters. The SMILES string of the molecule is CCC(C)(NC(=O)N1CC=C(C)CC1)C(=O)O. The molecule has 5 heteroatoms. The molecule has 0 radical (unpaired) electrons. The van der Waals surface area contributed by atoms with Crippen molar-refractivity contribution in [3.63, 3.8) is 0 Å². The lowest BCUT2D eigenvalue weighted by Crippen LogP contribution is -2.56. The number of amides is 2. The largest absolute Gasteiger partial charge is 0.480 e. The van der Waals surface area contributed by atoms with Crippen LogP contribution in [0.4, 0.5) is 4.79 Å². The summed E-state index contributed by atoms with van der Waals surface area (Å²) in [6, 6.07) is -0.305. The topological polar surface area (TPSA) is 69.6 Å². The van der Waals surface area contributed by atoms with Gasteiger partial charge in [0.25, 0.3) is 0 Å². The molecule has 0 saturated heterocycles. The molecular weight excluding hydrogens is 220 g/mol. The first kappa shape index (κ1) is 13.5. The van der Waals surface area contributed by atoms with Crippen molar-refractivity contribution in [2.75, 3.05) is 13.1 Å². The third-order valence-electron chi connectivity index (χ3n) is 3.29. The Balaban J connectivity index is 2.63. The third-order valence-corrected chi connectivity index (χ3v) is 3.29.